The van der Waals surface area contributed by atoms with Crippen LogP contribution in [-0.4, -0.2) is 61.0 Å². The molecule has 2 aromatic heterocycles. The summed E-state index contributed by atoms with van der Waals surface area (Å²) in [4.78, 5) is 55.0. The third-order valence-electron chi connectivity index (χ3n) is 9.46. The lowest BCUT2D eigenvalue weighted by atomic mass is 9.92. The molecule has 13 heteroatoms. The number of amides is 5. The molecule has 0 spiro atoms. The number of H-pyrrole nitrogens is 1. The first-order valence-electron chi connectivity index (χ1n) is 17.6. The van der Waals surface area contributed by atoms with Crippen LogP contribution in [-0.2, 0) is 21.5 Å². The van der Waals surface area contributed by atoms with Crippen LogP contribution in [0.25, 0.3) is 28.0 Å². The Labute approximate surface area is 306 Å². The lowest BCUT2D eigenvalue weighted by Crippen LogP contribution is -2.52. The molecule has 53 heavy (non-hydrogen) atoms. The molecule has 270 valence electrons. The molecule has 0 bridgehead atoms. The number of carbonyl (C=O) groups excluding carboxylic acids is 4. The first-order chi connectivity index (χ1) is 25.5. The highest BCUT2D eigenvalue weighted by Gasteiger charge is 2.39. The monoisotopic (exact) mass is 712 g/mol. The number of nitrogens with zero attached hydrogens (tertiary/aromatic N) is 4. The normalized spacial score (nSPS) is 15.6. The summed E-state index contributed by atoms with van der Waals surface area (Å²) in [5.41, 5.74) is 12.9. The van der Waals surface area contributed by atoms with E-state index in [1.165, 1.54) is 0 Å². The van der Waals surface area contributed by atoms with Gasteiger partial charge in [-0.05, 0) is 73.4 Å². The van der Waals surface area contributed by atoms with Crippen LogP contribution in [0.1, 0.15) is 80.1 Å². The number of piperidine rings is 1. The Morgan fingerprint density at radius 1 is 1.06 bits per heavy atom. The Hall–Kier alpha value is -6.42. The molecule has 5 amide bonds. The van der Waals surface area contributed by atoms with Gasteiger partial charge in [0.2, 0.25) is 11.8 Å². The first kappa shape index (κ1) is 35.0. The van der Waals surface area contributed by atoms with Crippen molar-refractivity contribution in [2.24, 2.45) is 5.73 Å². The number of imide groups is 1. The number of hydrogen-bond donors (Lipinski definition) is 4. The van der Waals surface area contributed by atoms with E-state index < -0.39 is 18.0 Å². The van der Waals surface area contributed by atoms with Crippen molar-refractivity contribution in [1.82, 2.24) is 30.0 Å². The van der Waals surface area contributed by atoms with Crippen molar-refractivity contribution in [1.29, 1.82) is 0 Å². The number of nitrogens with two attached hydrogens (primary N) is 1. The predicted molar refractivity (Wildman–Crippen MR) is 199 cm³/mol. The molecule has 4 heterocycles. The number of fused-ring (bicyclic) bond motifs is 2. The first-order valence-corrected chi connectivity index (χ1v) is 17.6. The van der Waals surface area contributed by atoms with Crippen molar-refractivity contribution in [2.75, 3.05) is 11.9 Å². The van der Waals surface area contributed by atoms with Gasteiger partial charge in [-0.15, -0.1) is 0 Å². The summed E-state index contributed by atoms with van der Waals surface area (Å²) >= 11 is 0. The molecule has 1 unspecified atom stereocenters. The van der Waals surface area contributed by atoms with Crippen molar-refractivity contribution >= 4 is 40.5 Å². The quantitative estimate of drug-likeness (QED) is 0.0878. The highest BCUT2D eigenvalue weighted by Crippen LogP contribution is 2.34. The van der Waals surface area contributed by atoms with Gasteiger partial charge in [-0.2, -0.15) is 5.10 Å². The van der Waals surface area contributed by atoms with Crippen molar-refractivity contribution in [2.45, 2.75) is 70.9 Å². The number of unbranched alkanes of at least 4 members (excludes halogenated alkanes) is 2. The molecule has 13 nitrogen and oxygen atoms in total. The molecule has 1 atom stereocenters. The van der Waals surface area contributed by atoms with Crippen molar-refractivity contribution in [3.8, 4) is 34.5 Å². The van der Waals surface area contributed by atoms with Gasteiger partial charge in [-0.1, -0.05) is 38.7 Å². The average molecular weight is 713 g/mol. The summed E-state index contributed by atoms with van der Waals surface area (Å²) in [5, 5.41) is 12.6. The third kappa shape index (κ3) is 7.34. The summed E-state index contributed by atoms with van der Waals surface area (Å²) in [5.74, 6) is 6.22. The minimum atomic E-state index is -0.654. The lowest BCUT2D eigenvalue weighted by Gasteiger charge is -2.29. The average Bonchev–Trinajstić information content (AvgIpc) is 3.86. The zero-order chi connectivity index (χ0) is 37.3. The van der Waals surface area contributed by atoms with E-state index in [1.54, 1.807) is 17.3 Å². The Bertz CT molecular complexity index is 2320. The number of rotatable bonds is 9. The molecule has 5 N–H and O–H groups in total. The Kier molecular flexibility index (Phi) is 9.45. The van der Waals surface area contributed by atoms with Gasteiger partial charge in [-0.25, -0.2) is 9.78 Å². The number of carbonyl (C=O) groups is 4. The van der Waals surface area contributed by atoms with Gasteiger partial charge in [0.05, 0.1) is 34.7 Å². The molecule has 0 radical (unpaired) electrons. The maximum Gasteiger partial charge on any atom is 0.316 e. The molecule has 3 aromatic carbocycles. The van der Waals surface area contributed by atoms with Crippen LogP contribution in [0.5, 0.6) is 5.75 Å². The Morgan fingerprint density at radius 3 is 2.68 bits per heavy atom. The fourth-order valence-corrected chi connectivity index (χ4v) is 6.64. The van der Waals surface area contributed by atoms with Crippen LogP contribution in [0.4, 0.5) is 10.5 Å². The minimum Gasteiger partial charge on any atom is -0.494 e. The van der Waals surface area contributed by atoms with E-state index in [2.05, 4.69) is 58.4 Å². The van der Waals surface area contributed by atoms with Gasteiger partial charge in [0.1, 0.15) is 18.1 Å². The van der Waals surface area contributed by atoms with Gasteiger partial charge >= 0.3 is 6.03 Å². The number of imidazole rings is 1. The smallest absolute Gasteiger partial charge is 0.316 e. The van der Waals surface area contributed by atoms with Crippen molar-refractivity contribution in [3.63, 3.8) is 0 Å². The summed E-state index contributed by atoms with van der Waals surface area (Å²) in [6, 6.07) is 17.6. The molecule has 2 aliphatic heterocycles. The summed E-state index contributed by atoms with van der Waals surface area (Å²) in [7, 11) is 0. The van der Waals surface area contributed by atoms with Crippen LogP contribution in [0.2, 0.25) is 0 Å². The Balaban J connectivity index is 0.959. The number of urea groups is 1. The molecular weight excluding hydrogens is 672 g/mol. The third-order valence-corrected chi connectivity index (χ3v) is 9.46. The van der Waals surface area contributed by atoms with Crippen LogP contribution in [0, 0.1) is 11.8 Å². The van der Waals surface area contributed by atoms with E-state index in [9.17, 15) is 19.2 Å². The molecule has 7 rings (SSSR count). The topological polar surface area (TPSA) is 177 Å². The molecule has 2 aliphatic rings. The van der Waals surface area contributed by atoms with E-state index >= 15 is 0 Å². The zero-order valence-electron chi connectivity index (χ0n) is 29.8. The van der Waals surface area contributed by atoms with Gasteiger partial charge in [-0.3, -0.25) is 29.4 Å². The standard InChI is InChI=1S/C40H40N8O5/c1-40(2,3)35-21-31(45-46-35)28-19-25(12-14-30(28)43-39(41)52)48-23-42-32-20-26(13-15-33(32)48)53-18-7-5-4-6-9-24-10-8-11-27-29(24)22-47(38(27)51)34-16-17-36(49)44-37(34)50/h8,10-15,19-21,23,34H,4-5,7,16-18,22H2,1-3H3,(H,45,46)(H3,41,43,52)(H,44,49,50). The molecule has 0 saturated carbocycles. The van der Waals surface area contributed by atoms with Crippen LogP contribution in [0.15, 0.2) is 67.0 Å². The molecule has 5 aromatic rings. The van der Waals surface area contributed by atoms with Gasteiger partial charge < -0.3 is 20.7 Å². The highest BCUT2D eigenvalue weighted by atomic mass is 16.5. The van der Waals surface area contributed by atoms with E-state index in [0.717, 1.165) is 57.6 Å². The largest absolute Gasteiger partial charge is 0.494 e. The van der Waals surface area contributed by atoms with E-state index in [-0.39, 0.29) is 23.7 Å². The van der Waals surface area contributed by atoms with Crippen molar-refractivity contribution < 1.29 is 23.9 Å². The maximum atomic E-state index is 13.1. The maximum absolute atomic E-state index is 13.1. The SMILES string of the molecule is CC(C)(C)c1cc(-c2cc(-n3cnc4cc(OCCCCC#Cc5cccc6c5CN(C5CCC(=O)NC5=O)C6=O)ccc43)ccc2NC(N)=O)[nH]n1. The zero-order valence-corrected chi connectivity index (χ0v) is 29.8. The highest BCUT2D eigenvalue weighted by molar-refractivity contribution is 6.05. The number of benzene rings is 3. The van der Waals surface area contributed by atoms with E-state index in [0.29, 0.717) is 43.0 Å². The summed E-state index contributed by atoms with van der Waals surface area (Å²) in [6.45, 7) is 7.07. The number of hydrogen-bond acceptors (Lipinski definition) is 7. The van der Waals surface area contributed by atoms with Gasteiger partial charge in [0.15, 0.2) is 0 Å². The number of ether oxygens (including phenoxy) is 1. The van der Waals surface area contributed by atoms with Crippen LogP contribution >= 0.6 is 0 Å². The predicted octanol–water partition coefficient (Wildman–Crippen LogP) is 5.57. The number of anilines is 1. The minimum absolute atomic E-state index is 0.156. The number of aromatic amines is 1. The molecular formula is C40H40N8O5. The van der Waals surface area contributed by atoms with Gasteiger partial charge in [0, 0.05) is 53.2 Å². The number of aromatic nitrogens is 4. The number of nitrogens with one attached hydrogen (secondary N) is 3. The molecule has 0 aliphatic carbocycles. The van der Waals surface area contributed by atoms with Gasteiger partial charge in [0.25, 0.3) is 5.91 Å². The fraction of sp³-hybridized carbons (Fsp3) is 0.300. The van der Waals surface area contributed by atoms with Crippen LogP contribution in [0.3, 0.4) is 0 Å². The lowest BCUT2D eigenvalue weighted by molar-refractivity contribution is -0.136. The summed E-state index contributed by atoms with van der Waals surface area (Å²) in [6.07, 6.45) is 4.59. The number of primary amides is 1. The second-order valence-corrected chi connectivity index (χ2v) is 14.2. The van der Waals surface area contributed by atoms with Crippen molar-refractivity contribution in [3.05, 3.63) is 89.4 Å². The second-order valence-electron chi connectivity index (χ2n) is 14.2. The van der Waals surface area contributed by atoms with E-state index in [1.807, 2.05) is 59.2 Å². The fourth-order valence-electron chi connectivity index (χ4n) is 6.64. The summed E-state index contributed by atoms with van der Waals surface area (Å²) < 4.78 is 8.03. The van der Waals surface area contributed by atoms with Crippen LogP contribution < -0.4 is 21.1 Å². The molecule has 1 fully saturated rings. The molecule has 1 saturated heterocycles. The Morgan fingerprint density at radius 2 is 1.91 bits per heavy atom. The van der Waals surface area contributed by atoms with E-state index in [4.69, 9.17) is 10.5 Å². The second kappa shape index (κ2) is 14.3.